The summed E-state index contributed by atoms with van der Waals surface area (Å²) in [6.07, 6.45) is 5.40. The Morgan fingerprint density at radius 2 is 1.97 bits per heavy atom. The molecule has 0 fully saturated rings. The minimum Gasteiger partial charge on any atom is -0.493 e. The molecule has 1 aliphatic rings. The number of rotatable bonds is 7. The van der Waals surface area contributed by atoms with E-state index in [2.05, 4.69) is 17.5 Å². The van der Waals surface area contributed by atoms with Gasteiger partial charge in [0.15, 0.2) is 11.5 Å². The van der Waals surface area contributed by atoms with Gasteiger partial charge >= 0.3 is 0 Å². The van der Waals surface area contributed by atoms with Gasteiger partial charge < -0.3 is 14.8 Å². The number of fused-ring (bicyclic) bond motifs is 1. The lowest BCUT2D eigenvalue weighted by molar-refractivity contribution is -0.112. The van der Waals surface area contributed by atoms with Crippen LogP contribution in [-0.2, 0) is 24.2 Å². The van der Waals surface area contributed by atoms with Crippen molar-refractivity contribution in [2.45, 2.75) is 39.2 Å². The molecule has 176 valence electrons. The minimum absolute atomic E-state index is 0.0595. The predicted molar refractivity (Wildman–Crippen MR) is 136 cm³/mol. The largest absolute Gasteiger partial charge is 0.493 e. The van der Waals surface area contributed by atoms with Crippen molar-refractivity contribution in [3.8, 4) is 23.6 Å². The van der Waals surface area contributed by atoms with Crippen LogP contribution in [0.3, 0.4) is 0 Å². The summed E-state index contributed by atoms with van der Waals surface area (Å²) in [5.74, 6) is 0.528. The smallest absolute Gasteiger partial charge is 0.266 e. The molecule has 0 spiro atoms. The Labute approximate surface area is 209 Å². The van der Waals surface area contributed by atoms with Crippen LogP contribution in [0.1, 0.15) is 45.5 Å². The van der Waals surface area contributed by atoms with E-state index in [1.54, 1.807) is 25.3 Å². The standard InChI is InChI=1S/C28H25N3O3S/c1-18-6-5-7-20(12-18)17-34-24-11-10-19(14-25(24)33-2)13-21(15-29)27(32)31-28-23(16-30)22-8-3-4-9-26(22)35-28/h5-7,10-14H,3-4,8-9,17H2,1-2H3,(H,31,32)/b21-13+. The SMILES string of the molecule is COc1cc(/C=C(\C#N)C(=O)Nc2sc3c(c2C#N)CCCC3)ccc1OCc1cccc(C)c1. The average molecular weight is 484 g/mol. The van der Waals surface area contributed by atoms with Crippen LogP contribution in [0.4, 0.5) is 5.00 Å². The fourth-order valence-electron chi connectivity index (χ4n) is 4.11. The van der Waals surface area contributed by atoms with Crippen molar-refractivity contribution in [1.29, 1.82) is 10.5 Å². The number of carbonyl (C=O) groups excluding carboxylic acids is 1. The quantitative estimate of drug-likeness (QED) is 0.331. The highest BCUT2D eigenvalue weighted by Gasteiger charge is 2.22. The van der Waals surface area contributed by atoms with E-state index in [1.165, 1.54) is 17.4 Å². The number of nitriles is 2. The van der Waals surface area contributed by atoms with E-state index in [0.29, 0.717) is 34.2 Å². The molecule has 1 aromatic heterocycles. The van der Waals surface area contributed by atoms with Gasteiger partial charge in [-0.1, -0.05) is 35.9 Å². The van der Waals surface area contributed by atoms with Gasteiger partial charge in [-0.3, -0.25) is 4.79 Å². The molecule has 0 saturated carbocycles. The first-order valence-electron chi connectivity index (χ1n) is 11.4. The molecular weight excluding hydrogens is 458 g/mol. The first kappa shape index (κ1) is 24.1. The zero-order chi connectivity index (χ0) is 24.8. The number of ether oxygens (including phenoxy) is 2. The molecule has 1 aliphatic carbocycles. The predicted octanol–water partition coefficient (Wildman–Crippen LogP) is 5.94. The van der Waals surface area contributed by atoms with E-state index in [0.717, 1.165) is 47.3 Å². The highest BCUT2D eigenvalue weighted by molar-refractivity contribution is 7.16. The summed E-state index contributed by atoms with van der Waals surface area (Å²) in [6.45, 7) is 2.42. The van der Waals surface area contributed by atoms with E-state index < -0.39 is 5.91 Å². The van der Waals surface area contributed by atoms with E-state index >= 15 is 0 Å². The Morgan fingerprint density at radius 1 is 1.14 bits per heavy atom. The van der Waals surface area contributed by atoms with Gasteiger partial charge in [-0.2, -0.15) is 10.5 Å². The van der Waals surface area contributed by atoms with Gasteiger partial charge in [-0.25, -0.2) is 0 Å². The van der Waals surface area contributed by atoms with Crippen molar-refractivity contribution in [2.75, 3.05) is 12.4 Å². The van der Waals surface area contributed by atoms with Crippen LogP contribution in [0.25, 0.3) is 6.08 Å². The van der Waals surface area contributed by atoms with Crippen LogP contribution in [0.15, 0.2) is 48.0 Å². The molecule has 0 aliphatic heterocycles. The summed E-state index contributed by atoms with van der Waals surface area (Å²) >= 11 is 1.43. The molecule has 1 N–H and O–H groups in total. The van der Waals surface area contributed by atoms with Crippen molar-refractivity contribution in [3.63, 3.8) is 0 Å². The topological polar surface area (TPSA) is 95.1 Å². The van der Waals surface area contributed by atoms with Gasteiger partial charge in [0.1, 0.15) is 29.3 Å². The number of hydrogen-bond acceptors (Lipinski definition) is 6. The van der Waals surface area contributed by atoms with Gasteiger partial charge in [0.05, 0.1) is 12.7 Å². The number of hydrogen-bond donors (Lipinski definition) is 1. The fourth-order valence-corrected chi connectivity index (χ4v) is 5.35. The molecule has 4 rings (SSSR count). The summed E-state index contributed by atoms with van der Waals surface area (Å²) in [5.41, 5.74) is 4.33. The van der Waals surface area contributed by atoms with Crippen molar-refractivity contribution >= 4 is 28.3 Å². The van der Waals surface area contributed by atoms with Crippen LogP contribution in [-0.4, -0.2) is 13.0 Å². The number of aryl methyl sites for hydroxylation is 2. The second-order valence-electron chi connectivity index (χ2n) is 8.34. The summed E-state index contributed by atoms with van der Waals surface area (Å²) in [5, 5.41) is 22.6. The maximum atomic E-state index is 12.9. The van der Waals surface area contributed by atoms with Gasteiger partial charge in [0.25, 0.3) is 5.91 Å². The zero-order valence-electron chi connectivity index (χ0n) is 19.7. The Kier molecular flexibility index (Phi) is 7.50. The summed E-state index contributed by atoms with van der Waals surface area (Å²) in [6, 6.07) is 17.5. The van der Waals surface area contributed by atoms with E-state index in [9.17, 15) is 15.3 Å². The Bertz CT molecular complexity index is 1380. The molecule has 0 radical (unpaired) electrons. The van der Waals surface area contributed by atoms with Gasteiger partial charge in [0, 0.05) is 4.88 Å². The number of thiophene rings is 1. The summed E-state index contributed by atoms with van der Waals surface area (Å²) in [7, 11) is 1.54. The first-order valence-corrected chi connectivity index (χ1v) is 12.2. The third-order valence-electron chi connectivity index (χ3n) is 5.85. The number of nitrogens with zero attached hydrogens (tertiary/aromatic N) is 2. The lowest BCUT2D eigenvalue weighted by Crippen LogP contribution is -2.13. The number of benzene rings is 2. The first-order chi connectivity index (χ1) is 17.0. The van der Waals surface area contributed by atoms with Crippen molar-refractivity contribution < 1.29 is 14.3 Å². The zero-order valence-corrected chi connectivity index (χ0v) is 20.5. The van der Waals surface area contributed by atoms with E-state index in [4.69, 9.17) is 9.47 Å². The number of nitrogens with one attached hydrogen (secondary N) is 1. The molecule has 0 atom stereocenters. The molecule has 0 unspecified atom stereocenters. The normalized spacial score (nSPS) is 12.7. The molecule has 6 nitrogen and oxygen atoms in total. The summed E-state index contributed by atoms with van der Waals surface area (Å²) in [4.78, 5) is 14.0. The van der Waals surface area contributed by atoms with Gasteiger partial charge in [-0.15, -0.1) is 11.3 Å². The Balaban J connectivity index is 1.51. The molecule has 3 aromatic rings. The second-order valence-corrected chi connectivity index (χ2v) is 9.44. The van der Waals surface area contributed by atoms with E-state index in [1.807, 2.05) is 31.2 Å². The average Bonchev–Trinajstić information content (AvgIpc) is 3.23. The minimum atomic E-state index is -0.540. The third-order valence-corrected chi connectivity index (χ3v) is 7.06. The maximum Gasteiger partial charge on any atom is 0.266 e. The lowest BCUT2D eigenvalue weighted by atomic mass is 9.96. The molecule has 7 heteroatoms. The van der Waals surface area contributed by atoms with Crippen molar-refractivity contribution in [1.82, 2.24) is 0 Å². The summed E-state index contributed by atoms with van der Waals surface area (Å²) < 4.78 is 11.4. The van der Waals surface area contributed by atoms with Gasteiger partial charge in [0.2, 0.25) is 0 Å². The third kappa shape index (κ3) is 5.54. The van der Waals surface area contributed by atoms with Crippen molar-refractivity contribution in [2.24, 2.45) is 0 Å². The number of carbonyl (C=O) groups is 1. The Morgan fingerprint density at radius 3 is 2.71 bits per heavy atom. The van der Waals surface area contributed by atoms with Crippen LogP contribution in [0.5, 0.6) is 11.5 Å². The molecule has 0 saturated heterocycles. The molecular formula is C28H25N3O3S. The highest BCUT2D eigenvalue weighted by atomic mass is 32.1. The molecule has 1 heterocycles. The van der Waals surface area contributed by atoms with Crippen LogP contribution >= 0.6 is 11.3 Å². The van der Waals surface area contributed by atoms with E-state index in [-0.39, 0.29) is 5.57 Å². The molecule has 1 amide bonds. The van der Waals surface area contributed by atoms with Crippen LogP contribution < -0.4 is 14.8 Å². The molecule has 35 heavy (non-hydrogen) atoms. The van der Waals surface area contributed by atoms with Crippen LogP contribution in [0, 0.1) is 29.6 Å². The molecule has 0 bridgehead atoms. The second kappa shape index (κ2) is 10.9. The molecule has 2 aromatic carbocycles. The fraction of sp³-hybridized carbons (Fsp3) is 0.250. The maximum absolute atomic E-state index is 12.9. The van der Waals surface area contributed by atoms with Crippen molar-refractivity contribution in [3.05, 3.63) is 80.7 Å². The highest BCUT2D eigenvalue weighted by Crippen LogP contribution is 2.38. The number of anilines is 1. The van der Waals surface area contributed by atoms with Crippen LogP contribution in [0.2, 0.25) is 0 Å². The number of amides is 1. The monoisotopic (exact) mass is 483 g/mol. The lowest BCUT2D eigenvalue weighted by Gasteiger charge is -2.12. The number of methoxy groups -OCH3 is 1. The Hall–Kier alpha value is -4.07. The van der Waals surface area contributed by atoms with Gasteiger partial charge in [-0.05, 0) is 67.5 Å².